The largest absolute Gasteiger partial charge is 0.493 e. The van der Waals surface area contributed by atoms with E-state index >= 15 is 0 Å². The molecular weight excluding hydrogens is 510 g/mol. The Morgan fingerprint density at radius 3 is 2.28 bits per heavy atom. The van der Waals surface area contributed by atoms with E-state index in [1.807, 2.05) is 107 Å². The fourth-order valence-corrected chi connectivity index (χ4v) is 4.54. The van der Waals surface area contributed by atoms with Gasteiger partial charge in [0.2, 0.25) is 0 Å². The maximum absolute atomic E-state index is 13.2. The van der Waals surface area contributed by atoms with Gasteiger partial charge in [-0.05, 0) is 76.1 Å². The summed E-state index contributed by atoms with van der Waals surface area (Å²) >= 11 is 1.34. The Morgan fingerprint density at radius 2 is 1.59 bits per heavy atom. The summed E-state index contributed by atoms with van der Waals surface area (Å²) in [5.41, 5.74) is 5.65. The SMILES string of the molecule is Cc1ccc(-c2ccc(C)cc2C(=O)Nc2ccc(OCCc3csc(NC(=O)OC(C)(C)C)n3)cc2)cc1. The summed E-state index contributed by atoms with van der Waals surface area (Å²) in [6.45, 7) is 9.87. The van der Waals surface area contributed by atoms with Crippen LogP contribution in [-0.4, -0.2) is 29.2 Å². The highest BCUT2D eigenvalue weighted by Crippen LogP contribution is 2.27. The van der Waals surface area contributed by atoms with Crippen molar-refractivity contribution >= 4 is 34.2 Å². The predicted octanol–water partition coefficient (Wildman–Crippen LogP) is 7.65. The van der Waals surface area contributed by atoms with Crippen LogP contribution in [0.2, 0.25) is 0 Å². The molecule has 7 nitrogen and oxygen atoms in total. The first-order valence-electron chi connectivity index (χ1n) is 12.7. The molecule has 0 radical (unpaired) electrons. The monoisotopic (exact) mass is 543 g/mol. The second-order valence-electron chi connectivity index (χ2n) is 10.3. The van der Waals surface area contributed by atoms with E-state index in [1.54, 1.807) is 0 Å². The maximum Gasteiger partial charge on any atom is 0.413 e. The fourth-order valence-electron chi connectivity index (χ4n) is 3.81. The van der Waals surface area contributed by atoms with Gasteiger partial charge in [-0.1, -0.05) is 47.5 Å². The molecular formula is C31H33N3O4S. The highest BCUT2D eigenvalue weighted by Gasteiger charge is 2.17. The minimum Gasteiger partial charge on any atom is -0.493 e. The lowest BCUT2D eigenvalue weighted by atomic mass is 9.96. The molecule has 0 spiro atoms. The summed E-state index contributed by atoms with van der Waals surface area (Å²) in [5.74, 6) is 0.522. The van der Waals surface area contributed by atoms with Gasteiger partial charge < -0.3 is 14.8 Å². The lowest BCUT2D eigenvalue weighted by molar-refractivity contribution is 0.0635. The van der Waals surface area contributed by atoms with Crippen LogP contribution in [0, 0.1) is 13.8 Å². The van der Waals surface area contributed by atoms with Gasteiger partial charge in [0, 0.05) is 23.1 Å². The number of carbonyl (C=O) groups excluding carboxylic acids is 2. The highest BCUT2D eigenvalue weighted by molar-refractivity contribution is 7.13. The number of benzene rings is 3. The van der Waals surface area contributed by atoms with Crippen LogP contribution < -0.4 is 15.4 Å². The Kier molecular flexibility index (Phi) is 8.66. The Bertz CT molecular complexity index is 1440. The van der Waals surface area contributed by atoms with Gasteiger partial charge in [-0.3, -0.25) is 10.1 Å². The average Bonchev–Trinajstić information content (AvgIpc) is 3.31. The van der Waals surface area contributed by atoms with Crippen molar-refractivity contribution in [3.8, 4) is 16.9 Å². The lowest BCUT2D eigenvalue weighted by Crippen LogP contribution is -2.27. The molecule has 4 rings (SSSR count). The average molecular weight is 544 g/mol. The molecule has 0 saturated heterocycles. The van der Waals surface area contributed by atoms with Crippen molar-refractivity contribution < 1.29 is 19.1 Å². The maximum atomic E-state index is 13.2. The third-order valence-electron chi connectivity index (χ3n) is 5.68. The minimum atomic E-state index is -0.568. The zero-order valence-electron chi connectivity index (χ0n) is 22.8. The van der Waals surface area contributed by atoms with Crippen LogP contribution >= 0.6 is 11.3 Å². The third-order valence-corrected chi connectivity index (χ3v) is 6.49. The van der Waals surface area contributed by atoms with Gasteiger partial charge in [0.25, 0.3) is 5.91 Å². The molecule has 2 N–H and O–H groups in total. The standard InChI is InChI=1S/C31H33N3O4S/c1-20-6-9-22(10-7-20)26-15-8-21(2)18-27(26)28(35)32-23-11-13-25(14-12-23)37-17-16-24-19-39-29(33-24)34-30(36)38-31(3,4)5/h6-15,18-19H,16-17H2,1-5H3,(H,32,35)(H,33,34,36). The van der Waals surface area contributed by atoms with Gasteiger partial charge >= 0.3 is 6.09 Å². The van der Waals surface area contributed by atoms with Crippen LogP contribution in [0.5, 0.6) is 5.75 Å². The van der Waals surface area contributed by atoms with Gasteiger partial charge in [-0.2, -0.15) is 0 Å². The summed E-state index contributed by atoms with van der Waals surface area (Å²) in [6, 6.07) is 21.4. The van der Waals surface area contributed by atoms with Crippen LogP contribution in [0.25, 0.3) is 11.1 Å². The summed E-state index contributed by atoms with van der Waals surface area (Å²) in [4.78, 5) is 29.5. The first-order valence-corrected chi connectivity index (χ1v) is 13.6. The molecule has 1 aromatic heterocycles. The lowest BCUT2D eigenvalue weighted by Gasteiger charge is -2.18. The number of carbonyl (C=O) groups is 2. The van der Waals surface area contributed by atoms with Crippen LogP contribution in [0.15, 0.2) is 72.1 Å². The molecule has 202 valence electrons. The number of hydrogen-bond donors (Lipinski definition) is 2. The van der Waals surface area contributed by atoms with Gasteiger partial charge in [-0.15, -0.1) is 11.3 Å². The van der Waals surface area contributed by atoms with E-state index in [9.17, 15) is 9.59 Å². The zero-order valence-corrected chi connectivity index (χ0v) is 23.6. The minimum absolute atomic E-state index is 0.165. The molecule has 0 aliphatic rings. The second-order valence-corrected chi connectivity index (χ2v) is 11.1. The Labute approximate surface area is 233 Å². The summed E-state index contributed by atoms with van der Waals surface area (Å²) in [5, 5.41) is 8.01. The van der Waals surface area contributed by atoms with Crippen LogP contribution in [0.4, 0.5) is 15.6 Å². The first kappa shape index (κ1) is 27.9. The molecule has 0 aliphatic carbocycles. The van der Waals surface area contributed by atoms with Crippen LogP contribution in [0.3, 0.4) is 0 Å². The molecule has 0 bridgehead atoms. The molecule has 0 atom stereocenters. The van der Waals surface area contributed by atoms with Crippen molar-refractivity contribution in [3.63, 3.8) is 0 Å². The van der Waals surface area contributed by atoms with Crippen LogP contribution in [0.1, 0.15) is 48.0 Å². The Hall–Kier alpha value is -4.17. The molecule has 2 amide bonds. The predicted molar refractivity (Wildman–Crippen MR) is 157 cm³/mol. The molecule has 0 aliphatic heterocycles. The molecule has 4 aromatic rings. The van der Waals surface area contributed by atoms with E-state index in [0.29, 0.717) is 35.2 Å². The number of nitrogens with one attached hydrogen (secondary N) is 2. The van der Waals surface area contributed by atoms with E-state index in [-0.39, 0.29) is 5.91 Å². The topological polar surface area (TPSA) is 89.6 Å². The summed E-state index contributed by atoms with van der Waals surface area (Å²) in [6.07, 6.45) is 0.0562. The number of hydrogen-bond acceptors (Lipinski definition) is 6. The fraction of sp³-hybridized carbons (Fsp3) is 0.258. The number of nitrogens with zero attached hydrogens (tertiary/aromatic N) is 1. The van der Waals surface area contributed by atoms with E-state index in [2.05, 4.69) is 15.6 Å². The van der Waals surface area contributed by atoms with E-state index in [1.165, 1.54) is 16.9 Å². The number of aryl methyl sites for hydroxylation is 2. The molecule has 39 heavy (non-hydrogen) atoms. The highest BCUT2D eigenvalue weighted by atomic mass is 32.1. The van der Waals surface area contributed by atoms with Gasteiger partial charge in [-0.25, -0.2) is 9.78 Å². The number of rotatable bonds is 8. The molecule has 0 saturated carbocycles. The van der Waals surface area contributed by atoms with Gasteiger partial charge in [0.15, 0.2) is 5.13 Å². The van der Waals surface area contributed by atoms with Crippen molar-refractivity contribution in [1.29, 1.82) is 0 Å². The number of ether oxygens (including phenoxy) is 2. The smallest absolute Gasteiger partial charge is 0.413 e. The zero-order chi connectivity index (χ0) is 28.0. The van der Waals surface area contributed by atoms with E-state index in [0.717, 1.165) is 22.4 Å². The van der Waals surface area contributed by atoms with Crippen molar-refractivity contribution in [1.82, 2.24) is 4.98 Å². The van der Waals surface area contributed by atoms with Gasteiger partial charge in [0.05, 0.1) is 12.3 Å². The van der Waals surface area contributed by atoms with Crippen molar-refractivity contribution in [3.05, 3.63) is 94.5 Å². The normalized spacial score (nSPS) is 11.1. The number of amides is 2. The Morgan fingerprint density at radius 1 is 0.897 bits per heavy atom. The van der Waals surface area contributed by atoms with E-state index in [4.69, 9.17) is 9.47 Å². The quantitative estimate of drug-likeness (QED) is 0.238. The van der Waals surface area contributed by atoms with Crippen molar-refractivity contribution in [2.75, 3.05) is 17.2 Å². The molecule has 0 fully saturated rings. The third kappa shape index (κ3) is 8.15. The molecule has 8 heteroatoms. The van der Waals surface area contributed by atoms with Crippen LogP contribution in [-0.2, 0) is 11.2 Å². The van der Waals surface area contributed by atoms with E-state index < -0.39 is 11.7 Å². The van der Waals surface area contributed by atoms with Crippen molar-refractivity contribution in [2.45, 2.75) is 46.6 Å². The number of thiazole rings is 1. The molecule has 3 aromatic carbocycles. The first-order chi connectivity index (χ1) is 18.6. The molecule has 1 heterocycles. The molecule has 0 unspecified atom stereocenters. The summed E-state index contributed by atoms with van der Waals surface area (Å²) in [7, 11) is 0. The van der Waals surface area contributed by atoms with Gasteiger partial charge in [0.1, 0.15) is 11.4 Å². The number of anilines is 2. The Balaban J connectivity index is 1.31. The second kappa shape index (κ2) is 12.1. The summed E-state index contributed by atoms with van der Waals surface area (Å²) < 4.78 is 11.1. The number of aromatic nitrogens is 1. The van der Waals surface area contributed by atoms with Crippen molar-refractivity contribution in [2.24, 2.45) is 0 Å².